The van der Waals surface area contributed by atoms with Crippen LogP contribution in [0.3, 0.4) is 0 Å². The molecule has 25 heavy (non-hydrogen) atoms. The molecule has 6 heteroatoms. The molecule has 1 aromatic carbocycles. The molecule has 0 bridgehead atoms. The number of piperidine rings is 1. The average Bonchev–Trinajstić information content (AvgIpc) is 3.21. The summed E-state index contributed by atoms with van der Waals surface area (Å²) in [6.45, 7) is 1.95. The quantitative estimate of drug-likeness (QED) is 0.860. The summed E-state index contributed by atoms with van der Waals surface area (Å²) in [6, 6.07) is 8.05. The minimum absolute atomic E-state index is 0.129. The summed E-state index contributed by atoms with van der Waals surface area (Å²) in [4.78, 5) is 15.0. The van der Waals surface area contributed by atoms with Gasteiger partial charge in [0.05, 0.1) is 19.1 Å². The number of aromatic nitrogens is 2. The van der Waals surface area contributed by atoms with Crippen molar-refractivity contribution >= 4 is 5.91 Å². The molecule has 1 fully saturated rings. The van der Waals surface area contributed by atoms with Crippen molar-refractivity contribution in [2.75, 3.05) is 26.8 Å². The first-order valence-corrected chi connectivity index (χ1v) is 8.83. The second-order valence-corrected chi connectivity index (χ2v) is 6.73. The topological polar surface area (TPSA) is 56.6 Å². The van der Waals surface area contributed by atoms with Gasteiger partial charge in [0.15, 0.2) is 11.5 Å². The van der Waals surface area contributed by atoms with Crippen LogP contribution < -0.4 is 9.47 Å². The van der Waals surface area contributed by atoms with E-state index in [9.17, 15) is 4.79 Å². The summed E-state index contributed by atoms with van der Waals surface area (Å²) in [5, 5.41) is 4.34. The summed E-state index contributed by atoms with van der Waals surface area (Å²) in [6.07, 6.45) is 6.54. The van der Waals surface area contributed by atoms with Crippen LogP contribution in [-0.4, -0.2) is 47.4 Å². The number of benzene rings is 1. The van der Waals surface area contributed by atoms with E-state index in [2.05, 4.69) is 5.10 Å². The lowest BCUT2D eigenvalue weighted by atomic mass is 9.94. The Balaban J connectivity index is 1.46. The predicted octanol–water partition coefficient (Wildman–Crippen LogP) is 2.31. The van der Waals surface area contributed by atoms with E-state index < -0.39 is 0 Å². The molecule has 2 aliphatic heterocycles. The molecular formula is C19H23N3O3. The Hall–Kier alpha value is -2.50. The zero-order chi connectivity index (χ0) is 17.2. The van der Waals surface area contributed by atoms with E-state index in [1.807, 2.05) is 40.0 Å². The lowest BCUT2D eigenvalue weighted by molar-refractivity contribution is -0.138. The molecule has 1 aromatic heterocycles. The molecule has 0 saturated carbocycles. The van der Waals surface area contributed by atoms with Crippen molar-refractivity contribution in [3.63, 3.8) is 0 Å². The number of nitrogens with zero attached hydrogens (tertiary/aromatic N) is 3. The van der Waals surface area contributed by atoms with Crippen molar-refractivity contribution in [3.8, 4) is 11.5 Å². The van der Waals surface area contributed by atoms with Gasteiger partial charge in [-0.15, -0.1) is 0 Å². The van der Waals surface area contributed by atoms with E-state index in [0.29, 0.717) is 13.0 Å². The highest BCUT2D eigenvalue weighted by Crippen LogP contribution is 2.36. The monoisotopic (exact) mass is 341 g/mol. The maximum absolute atomic E-state index is 13.0. The summed E-state index contributed by atoms with van der Waals surface area (Å²) in [5.41, 5.74) is 1.05. The van der Waals surface area contributed by atoms with Crippen molar-refractivity contribution in [2.45, 2.75) is 25.3 Å². The predicted molar refractivity (Wildman–Crippen MR) is 92.8 cm³/mol. The number of para-hydroxylation sites is 1. The van der Waals surface area contributed by atoms with Crippen LogP contribution in [0.2, 0.25) is 0 Å². The van der Waals surface area contributed by atoms with Gasteiger partial charge in [-0.3, -0.25) is 9.48 Å². The number of rotatable bonds is 3. The zero-order valence-corrected chi connectivity index (χ0v) is 14.4. The first-order chi connectivity index (χ1) is 12.3. The lowest BCUT2D eigenvalue weighted by Gasteiger charge is -2.36. The second kappa shape index (κ2) is 6.78. The molecule has 2 aromatic rings. The fraction of sp³-hybridized carbons (Fsp3) is 0.474. The smallest absolute Gasteiger partial charge is 0.229 e. The summed E-state index contributed by atoms with van der Waals surface area (Å²) in [5.74, 6) is 1.57. The molecule has 2 atom stereocenters. The van der Waals surface area contributed by atoms with Gasteiger partial charge in [-0.25, -0.2) is 0 Å². The number of ether oxygens (including phenoxy) is 2. The Morgan fingerprint density at radius 2 is 2.28 bits per heavy atom. The third-order valence-corrected chi connectivity index (χ3v) is 5.13. The summed E-state index contributed by atoms with van der Waals surface area (Å²) < 4.78 is 13.2. The average molecular weight is 341 g/mol. The molecule has 4 rings (SSSR count). The standard InChI is InChI=1S/C19H23N3O3/c1-24-17-7-2-5-14-11-15(13-25-18(14)17)19(23)21-9-3-6-16(12-21)22-10-4-8-20-22/h2,4-5,7-8,10,15-16H,3,6,9,11-13H2,1H3/t15-,16-/m0/s1. The van der Waals surface area contributed by atoms with Gasteiger partial charge in [0.25, 0.3) is 0 Å². The van der Waals surface area contributed by atoms with E-state index in [0.717, 1.165) is 43.0 Å². The highest BCUT2D eigenvalue weighted by atomic mass is 16.5. The highest BCUT2D eigenvalue weighted by molar-refractivity contribution is 5.80. The lowest BCUT2D eigenvalue weighted by Crippen LogP contribution is -2.46. The number of likely N-dealkylation sites (tertiary alicyclic amines) is 1. The van der Waals surface area contributed by atoms with Gasteiger partial charge in [-0.1, -0.05) is 12.1 Å². The van der Waals surface area contributed by atoms with Crippen LogP contribution in [0, 0.1) is 5.92 Å². The minimum Gasteiger partial charge on any atom is -0.493 e. The number of carbonyl (C=O) groups excluding carboxylic acids is 1. The molecule has 0 spiro atoms. The van der Waals surface area contributed by atoms with Gasteiger partial charge in [0, 0.05) is 25.5 Å². The second-order valence-electron chi connectivity index (χ2n) is 6.73. The first kappa shape index (κ1) is 16.0. The Morgan fingerprint density at radius 3 is 3.08 bits per heavy atom. The molecule has 6 nitrogen and oxygen atoms in total. The molecule has 0 aliphatic carbocycles. The van der Waals surface area contributed by atoms with Crippen molar-refractivity contribution < 1.29 is 14.3 Å². The van der Waals surface area contributed by atoms with Gasteiger partial charge in [-0.05, 0) is 37.0 Å². The van der Waals surface area contributed by atoms with Crippen molar-refractivity contribution in [1.82, 2.24) is 14.7 Å². The normalized spacial score (nSPS) is 22.8. The Bertz CT molecular complexity index is 744. The maximum atomic E-state index is 13.0. The molecule has 1 amide bonds. The van der Waals surface area contributed by atoms with E-state index >= 15 is 0 Å². The number of hydrogen-bond acceptors (Lipinski definition) is 4. The van der Waals surface area contributed by atoms with Crippen LogP contribution in [0.25, 0.3) is 0 Å². The van der Waals surface area contributed by atoms with Gasteiger partial charge in [0.1, 0.15) is 6.61 Å². The third kappa shape index (κ3) is 3.08. The fourth-order valence-electron chi connectivity index (χ4n) is 3.84. The number of carbonyl (C=O) groups is 1. The van der Waals surface area contributed by atoms with E-state index in [1.54, 1.807) is 13.3 Å². The molecule has 0 N–H and O–H groups in total. The van der Waals surface area contributed by atoms with Crippen molar-refractivity contribution in [1.29, 1.82) is 0 Å². The van der Waals surface area contributed by atoms with E-state index in [1.165, 1.54) is 0 Å². The first-order valence-electron chi connectivity index (χ1n) is 8.83. The van der Waals surface area contributed by atoms with Gasteiger partial charge >= 0.3 is 0 Å². The molecule has 2 aliphatic rings. The Morgan fingerprint density at radius 1 is 1.36 bits per heavy atom. The van der Waals surface area contributed by atoms with Gasteiger partial charge in [-0.2, -0.15) is 5.10 Å². The third-order valence-electron chi connectivity index (χ3n) is 5.13. The number of methoxy groups -OCH3 is 1. The Labute approximate surface area is 147 Å². The van der Waals surface area contributed by atoms with Crippen LogP contribution in [0.1, 0.15) is 24.4 Å². The highest BCUT2D eigenvalue weighted by Gasteiger charge is 2.33. The molecule has 1 saturated heterocycles. The zero-order valence-electron chi connectivity index (χ0n) is 14.4. The molecule has 0 radical (unpaired) electrons. The number of amides is 1. The van der Waals surface area contributed by atoms with E-state index in [4.69, 9.17) is 9.47 Å². The maximum Gasteiger partial charge on any atom is 0.229 e. The van der Waals surface area contributed by atoms with Crippen LogP contribution in [0.4, 0.5) is 0 Å². The fourth-order valence-corrected chi connectivity index (χ4v) is 3.84. The summed E-state index contributed by atoms with van der Waals surface area (Å²) >= 11 is 0. The molecule has 3 heterocycles. The van der Waals surface area contributed by atoms with Crippen LogP contribution in [0.15, 0.2) is 36.7 Å². The van der Waals surface area contributed by atoms with Crippen molar-refractivity contribution in [2.24, 2.45) is 5.92 Å². The Kier molecular flexibility index (Phi) is 4.34. The number of hydrogen-bond donors (Lipinski definition) is 0. The van der Waals surface area contributed by atoms with Gasteiger partial charge in [0.2, 0.25) is 5.91 Å². The van der Waals surface area contributed by atoms with Crippen molar-refractivity contribution in [3.05, 3.63) is 42.2 Å². The molecular weight excluding hydrogens is 318 g/mol. The van der Waals surface area contributed by atoms with Crippen LogP contribution in [-0.2, 0) is 11.2 Å². The van der Waals surface area contributed by atoms with Crippen LogP contribution in [0.5, 0.6) is 11.5 Å². The minimum atomic E-state index is -0.129. The van der Waals surface area contributed by atoms with Gasteiger partial charge < -0.3 is 14.4 Å². The molecule has 0 unspecified atom stereocenters. The SMILES string of the molecule is COc1cccc2c1OC[C@@H](C(=O)N1CCC[C@H](n3cccn3)C1)C2. The molecule has 132 valence electrons. The summed E-state index contributed by atoms with van der Waals surface area (Å²) in [7, 11) is 1.64. The largest absolute Gasteiger partial charge is 0.493 e. The van der Waals surface area contributed by atoms with E-state index in [-0.39, 0.29) is 17.9 Å². The number of fused-ring (bicyclic) bond motifs is 1. The van der Waals surface area contributed by atoms with Crippen LogP contribution >= 0.6 is 0 Å².